The minimum Gasteiger partial charge on any atom is -0.347 e. The number of halogens is 3. The zero-order valence-electron chi connectivity index (χ0n) is 12.3. The first kappa shape index (κ1) is 22.0. The van der Waals surface area contributed by atoms with Crippen LogP contribution in [0, 0.1) is 0 Å². The Hall–Kier alpha value is -0.260. The Morgan fingerprint density at radius 2 is 1.85 bits per heavy atom. The van der Waals surface area contributed by atoms with Crippen molar-refractivity contribution < 1.29 is 4.79 Å². The van der Waals surface area contributed by atoms with Crippen LogP contribution in [-0.4, -0.2) is 61.0 Å². The van der Waals surface area contributed by atoms with E-state index in [1.165, 1.54) is 6.92 Å². The molecule has 2 unspecified atom stereocenters. The third kappa shape index (κ3) is 6.02. The summed E-state index contributed by atoms with van der Waals surface area (Å²) in [6.45, 7) is 3.24. The molecule has 7 heteroatoms. The quantitative estimate of drug-likeness (QED) is 0.611. The van der Waals surface area contributed by atoms with E-state index in [1.54, 1.807) is 0 Å². The molecule has 1 amide bonds. The Morgan fingerprint density at radius 1 is 1.25 bits per heavy atom. The van der Waals surface area contributed by atoms with Gasteiger partial charge in [-0.1, -0.05) is 29.8 Å². The van der Waals surface area contributed by atoms with Crippen molar-refractivity contribution in [2.45, 2.75) is 18.0 Å². The van der Waals surface area contributed by atoms with Crippen LogP contribution in [-0.2, 0) is 4.79 Å². The van der Waals surface area contributed by atoms with Crippen LogP contribution in [0.15, 0.2) is 24.3 Å². The third-order valence-electron chi connectivity index (χ3n) is 3.01. The summed E-state index contributed by atoms with van der Waals surface area (Å²) in [6, 6.07) is -0.214. The van der Waals surface area contributed by atoms with Crippen molar-refractivity contribution in [1.82, 2.24) is 15.1 Å². The average molecular weight is 345 g/mol. The number of hydrogen-bond donors (Lipinski definition) is 1. The largest absolute Gasteiger partial charge is 0.347 e. The van der Waals surface area contributed by atoms with Crippen molar-refractivity contribution >= 4 is 42.3 Å². The minimum absolute atomic E-state index is 0. The van der Waals surface area contributed by atoms with Gasteiger partial charge in [0.25, 0.3) is 0 Å². The number of allylic oxidation sites excluding steroid dienone is 2. The van der Waals surface area contributed by atoms with Gasteiger partial charge >= 0.3 is 0 Å². The predicted molar refractivity (Wildman–Crippen MR) is 90.1 cm³/mol. The number of rotatable bonds is 5. The minimum atomic E-state index is -0.698. The van der Waals surface area contributed by atoms with Crippen molar-refractivity contribution in [3.63, 3.8) is 0 Å². The van der Waals surface area contributed by atoms with Gasteiger partial charge in [0, 0.05) is 20.0 Å². The van der Waals surface area contributed by atoms with Crippen LogP contribution in [0.4, 0.5) is 0 Å². The lowest BCUT2D eigenvalue weighted by Crippen LogP contribution is -2.57. The van der Waals surface area contributed by atoms with Gasteiger partial charge < -0.3 is 10.2 Å². The number of alkyl halides is 1. The summed E-state index contributed by atoms with van der Waals surface area (Å²) in [6.07, 6.45) is 7.66. The molecule has 0 fully saturated rings. The summed E-state index contributed by atoms with van der Waals surface area (Å²) in [5.74, 6) is -0.0778. The number of nitrogens with zero attached hydrogens (tertiary/aromatic N) is 2. The topological polar surface area (TPSA) is 35.6 Å². The fourth-order valence-corrected chi connectivity index (χ4v) is 2.14. The van der Waals surface area contributed by atoms with Crippen LogP contribution < -0.4 is 5.32 Å². The fraction of sp³-hybridized carbons (Fsp3) is 0.615. The van der Waals surface area contributed by atoms with E-state index >= 15 is 0 Å². The van der Waals surface area contributed by atoms with Crippen molar-refractivity contribution in [3.8, 4) is 0 Å². The van der Waals surface area contributed by atoms with E-state index < -0.39 is 5.00 Å². The number of likely N-dealkylation sites (N-methyl/N-ethyl adjacent to an activating group) is 2. The Labute approximate surface area is 139 Å². The summed E-state index contributed by atoms with van der Waals surface area (Å²) in [5, 5.41) is 2.88. The lowest BCUT2D eigenvalue weighted by atomic mass is 10.0. The van der Waals surface area contributed by atoms with E-state index in [4.69, 9.17) is 11.6 Å². The highest BCUT2D eigenvalue weighted by atomic mass is 35.5. The van der Waals surface area contributed by atoms with Crippen LogP contribution in [0.5, 0.6) is 0 Å². The Bertz CT molecular complexity index is 361. The normalized spacial score (nSPS) is 24.2. The molecule has 1 aliphatic rings. The van der Waals surface area contributed by atoms with E-state index in [1.807, 2.05) is 45.4 Å². The summed E-state index contributed by atoms with van der Waals surface area (Å²) < 4.78 is 0. The predicted octanol–water partition coefficient (Wildman–Crippen LogP) is 1.89. The van der Waals surface area contributed by atoms with Gasteiger partial charge in [-0.25, -0.2) is 0 Å². The summed E-state index contributed by atoms with van der Waals surface area (Å²) >= 11 is 6.67. The number of carbonyl (C=O) groups excluding carboxylic acids is 1. The second-order valence-electron chi connectivity index (χ2n) is 4.87. The van der Waals surface area contributed by atoms with Gasteiger partial charge in [-0.05, 0) is 27.2 Å². The molecule has 0 aromatic heterocycles. The van der Waals surface area contributed by atoms with Gasteiger partial charge in [-0.15, -0.1) is 24.8 Å². The van der Waals surface area contributed by atoms with Crippen molar-refractivity contribution in [1.29, 1.82) is 0 Å². The molecule has 1 aliphatic carbocycles. The van der Waals surface area contributed by atoms with Crippen LogP contribution in [0.1, 0.15) is 6.92 Å². The van der Waals surface area contributed by atoms with E-state index in [9.17, 15) is 4.79 Å². The maximum absolute atomic E-state index is 11.2. The molecule has 0 aromatic rings. The lowest BCUT2D eigenvalue weighted by molar-refractivity contribution is -0.119. The molecule has 20 heavy (non-hydrogen) atoms. The molecule has 0 saturated carbocycles. The number of carbonyl (C=O) groups is 1. The van der Waals surface area contributed by atoms with Gasteiger partial charge in [-0.3, -0.25) is 9.69 Å². The number of nitrogens with one attached hydrogen (secondary N) is 1. The molecule has 4 nitrogen and oxygen atoms in total. The van der Waals surface area contributed by atoms with Crippen molar-refractivity contribution in [2.24, 2.45) is 0 Å². The molecule has 118 valence electrons. The molecule has 0 aromatic carbocycles. The van der Waals surface area contributed by atoms with E-state index in [0.29, 0.717) is 0 Å². The molecule has 0 radical (unpaired) electrons. The highest BCUT2D eigenvalue weighted by Crippen LogP contribution is 2.29. The van der Waals surface area contributed by atoms with Crippen LogP contribution >= 0.6 is 36.4 Å². The number of hydrogen-bond acceptors (Lipinski definition) is 3. The second-order valence-corrected chi connectivity index (χ2v) is 5.48. The first-order valence-corrected chi connectivity index (χ1v) is 6.42. The zero-order chi connectivity index (χ0) is 13.8. The lowest BCUT2D eigenvalue weighted by Gasteiger charge is -2.41. The molecule has 0 aliphatic heterocycles. The summed E-state index contributed by atoms with van der Waals surface area (Å²) in [5.41, 5.74) is 0. The SMILES string of the molecule is CC(=O)NC1C=CC=CC1(Cl)N(C)CCN(C)C.Cl.Cl. The van der Waals surface area contributed by atoms with E-state index in [2.05, 4.69) is 15.1 Å². The maximum atomic E-state index is 11.2. The molecule has 0 bridgehead atoms. The second kappa shape index (κ2) is 9.64. The van der Waals surface area contributed by atoms with E-state index in [0.717, 1.165) is 13.1 Å². The standard InChI is InChI=1S/C13H22ClN3O.2ClH/c1-11(18)15-12-7-5-6-8-13(12,14)17(4)10-9-16(2)3;;/h5-8,12H,9-10H2,1-4H3,(H,15,18);2*1H. The first-order valence-electron chi connectivity index (χ1n) is 6.04. The first-order chi connectivity index (χ1) is 8.36. The highest BCUT2D eigenvalue weighted by Gasteiger charge is 2.38. The van der Waals surface area contributed by atoms with Crippen LogP contribution in [0.25, 0.3) is 0 Å². The van der Waals surface area contributed by atoms with Gasteiger partial charge in [0.15, 0.2) is 0 Å². The highest BCUT2D eigenvalue weighted by molar-refractivity contribution is 6.26. The van der Waals surface area contributed by atoms with Gasteiger partial charge in [-0.2, -0.15) is 0 Å². The Kier molecular flexibility index (Phi) is 10.6. The molecule has 0 spiro atoms. The van der Waals surface area contributed by atoms with Crippen molar-refractivity contribution in [3.05, 3.63) is 24.3 Å². The van der Waals surface area contributed by atoms with Crippen LogP contribution in [0.2, 0.25) is 0 Å². The van der Waals surface area contributed by atoms with Gasteiger partial charge in [0.2, 0.25) is 5.91 Å². The molecule has 1 N–H and O–H groups in total. The smallest absolute Gasteiger partial charge is 0.217 e. The van der Waals surface area contributed by atoms with Gasteiger partial charge in [0.05, 0.1) is 6.04 Å². The molecular weight excluding hydrogens is 321 g/mol. The zero-order valence-corrected chi connectivity index (χ0v) is 14.7. The maximum Gasteiger partial charge on any atom is 0.217 e. The van der Waals surface area contributed by atoms with Crippen molar-refractivity contribution in [2.75, 3.05) is 34.2 Å². The Morgan fingerprint density at radius 3 is 2.35 bits per heavy atom. The van der Waals surface area contributed by atoms with Crippen LogP contribution in [0.3, 0.4) is 0 Å². The monoisotopic (exact) mass is 343 g/mol. The number of amides is 1. The summed E-state index contributed by atoms with van der Waals surface area (Å²) in [4.78, 5) is 14.7. The third-order valence-corrected chi connectivity index (χ3v) is 3.66. The van der Waals surface area contributed by atoms with Gasteiger partial charge in [0.1, 0.15) is 5.00 Å². The molecule has 0 saturated heterocycles. The van der Waals surface area contributed by atoms with E-state index in [-0.39, 0.29) is 36.8 Å². The Balaban J connectivity index is 0. The molecule has 2 atom stereocenters. The fourth-order valence-electron chi connectivity index (χ4n) is 1.86. The summed E-state index contributed by atoms with van der Waals surface area (Å²) in [7, 11) is 6.02. The molecular formula is C13H24Cl3N3O. The molecule has 0 heterocycles. The molecule has 1 rings (SSSR count). The average Bonchev–Trinajstić information content (AvgIpc) is 2.28.